The van der Waals surface area contributed by atoms with Crippen molar-refractivity contribution in [2.75, 3.05) is 13.2 Å². The van der Waals surface area contributed by atoms with Crippen LogP contribution >= 0.6 is 0 Å². The Balaban J connectivity index is 2.81. The van der Waals surface area contributed by atoms with Crippen molar-refractivity contribution in [2.45, 2.75) is 32.7 Å². The van der Waals surface area contributed by atoms with Crippen LogP contribution < -0.4 is 5.32 Å². The van der Waals surface area contributed by atoms with E-state index in [0.29, 0.717) is 5.56 Å². The first-order valence-electron chi connectivity index (χ1n) is 6.80. The summed E-state index contributed by atoms with van der Waals surface area (Å²) >= 11 is 0. The molecule has 1 rings (SSSR count). The van der Waals surface area contributed by atoms with Crippen LogP contribution in [0.3, 0.4) is 0 Å². The molecule has 1 aromatic carbocycles. The zero-order chi connectivity index (χ0) is 15.0. The molecule has 1 unspecified atom stereocenters. The van der Waals surface area contributed by atoms with Gasteiger partial charge in [-0.05, 0) is 25.0 Å². The fraction of sp³-hybridized carbons (Fsp3) is 0.467. The number of ether oxygens (including phenoxy) is 1. The SMILES string of the molecule is CCCc1ccccc1C(=O)NC(CO)C(=O)OCC. The number of aryl methyl sites for hydroxylation is 1. The monoisotopic (exact) mass is 279 g/mol. The van der Waals surface area contributed by atoms with Crippen molar-refractivity contribution in [2.24, 2.45) is 0 Å². The highest BCUT2D eigenvalue weighted by Gasteiger charge is 2.22. The molecule has 0 saturated carbocycles. The Morgan fingerprint density at radius 3 is 2.60 bits per heavy atom. The second-order valence-electron chi connectivity index (χ2n) is 4.37. The molecule has 5 nitrogen and oxygen atoms in total. The first-order valence-corrected chi connectivity index (χ1v) is 6.80. The number of carbonyl (C=O) groups is 2. The lowest BCUT2D eigenvalue weighted by Crippen LogP contribution is -2.44. The Morgan fingerprint density at radius 2 is 2.00 bits per heavy atom. The topological polar surface area (TPSA) is 75.6 Å². The van der Waals surface area contributed by atoms with E-state index in [1.165, 1.54) is 0 Å². The average molecular weight is 279 g/mol. The summed E-state index contributed by atoms with van der Waals surface area (Å²) < 4.78 is 4.80. The zero-order valence-electron chi connectivity index (χ0n) is 11.9. The highest BCUT2D eigenvalue weighted by Crippen LogP contribution is 2.11. The van der Waals surface area contributed by atoms with Crippen LogP contribution in [-0.2, 0) is 16.0 Å². The zero-order valence-corrected chi connectivity index (χ0v) is 11.9. The molecule has 0 aromatic heterocycles. The summed E-state index contributed by atoms with van der Waals surface area (Å²) in [6, 6.07) is 6.21. The van der Waals surface area contributed by atoms with Gasteiger partial charge in [0.15, 0.2) is 6.04 Å². The fourth-order valence-electron chi connectivity index (χ4n) is 1.89. The van der Waals surface area contributed by atoms with Gasteiger partial charge in [0.05, 0.1) is 13.2 Å². The van der Waals surface area contributed by atoms with E-state index in [0.717, 1.165) is 18.4 Å². The third-order valence-corrected chi connectivity index (χ3v) is 2.84. The van der Waals surface area contributed by atoms with Gasteiger partial charge < -0.3 is 15.2 Å². The fourth-order valence-corrected chi connectivity index (χ4v) is 1.89. The molecule has 0 aliphatic heterocycles. The maximum absolute atomic E-state index is 12.2. The first-order chi connectivity index (χ1) is 9.63. The third kappa shape index (κ3) is 4.35. The van der Waals surface area contributed by atoms with Gasteiger partial charge in [0, 0.05) is 5.56 Å². The van der Waals surface area contributed by atoms with E-state index in [2.05, 4.69) is 5.32 Å². The van der Waals surface area contributed by atoms with Gasteiger partial charge in [0.2, 0.25) is 0 Å². The predicted molar refractivity (Wildman–Crippen MR) is 75.4 cm³/mol. The van der Waals surface area contributed by atoms with E-state index < -0.39 is 18.6 Å². The van der Waals surface area contributed by atoms with Gasteiger partial charge in [-0.25, -0.2) is 4.79 Å². The molecule has 0 saturated heterocycles. The molecule has 2 N–H and O–H groups in total. The minimum atomic E-state index is -1.03. The molecule has 0 fully saturated rings. The number of esters is 1. The Hall–Kier alpha value is -1.88. The molecular weight excluding hydrogens is 258 g/mol. The standard InChI is InChI=1S/C15H21NO4/c1-3-7-11-8-5-6-9-12(11)14(18)16-13(10-17)15(19)20-4-2/h5-6,8-9,13,17H,3-4,7,10H2,1-2H3,(H,16,18). The minimum Gasteiger partial charge on any atom is -0.464 e. The third-order valence-electron chi connectivity index (χ3n) is 2.84. The van der Waals surface area contributed by atoms with Crippen LogP contribution in [0.15, 0.2) is 24.3 Å². The number of amides is 1. The molecule has 110 valence electrons. The number of nitrogens with one attached hydrogen (secondary N) is 1. The van der Waals surface area contributed by atoms with Crippen LogP contribution in [0.25, 0.3) is 0 Å². The van der Waals surface area contributed by atoms with E-state index in [1.54, 1.807) is 19.1 Å². The highest BCUT2D eigenvalue weighted by molar-refractivity contribution is 5.98. The van der Waals surface area contributed by atoms with E-state index in [1.807, 2.05) is 19.1 Å². The quantitative estimate of drug-likeness (QED) is 0.738. The summed E-state index contributed by atoms with van der Waals surface area (Å²) in [5.41, 5.74) is 1.45. The Morgan fingerprint density at radius 1 is 1.30 bits per heavy atom. The van der Waals surface area contributed by atoms with Crippen LogP contribution in [0, 0.1) is 0 Å². The Bertz CT molecular complexity index is 459. The number of aliphatic hydroxyl groups is 1. The maximum Gasteiger partial charge on any atom is 0.331 e. The van der Waals surface area contributed by atoms with Gasteiger partial charge in [-0.3, -0.25) is 4.79 Å². The number of benzene rings is 1. The van der Waals surface area contributed by atoms with Gasteiger partial charge in [0.1, 0.15) is 0 Å². The summed E-state index contributed by atoms with van der Waals surface area (Å²) in [7, 11) is 0. The lowest BCUT2D eigenvalue weighted by Gasteiger charge is -2.16. The van der Waals surface area contributed by atoms with E-state index in [4.69, 9.17) is 4.74 Å². The lowest BCUT2D eigenvalue weighted by molar-refractivity contribution is -0.146. The molecule has 0 bridgehead atoms. The number of aliphatic hydroxyl groups excluding tert-OH is 1. The van der Waals surface area contributed by atoms with Crippen LogP contribution in [0.1, 0.15) is 36.2 Å². The Kier molecular flexibility index (Phi) is 6.73. The van der Waals surface area contributed by atoms with Gasteiger partial charge in [-0.2, -0.15) is 0 Å². The molecule has 1 amide bonds. The lowest BCUT2D eigenvalue weighted by atomic mass is 10.0. The molecule has 0 aliphatic carbocycles. The summed E-state index contributed by atoms with van der Waals surface area (Å²) in [6.45, 7) is 3.42. The van der Waals surface area contributed by atoms with Crippen LogP contribution in [0.2, 0.25) is 0 Å². The van der Waals surface area contributed by atoms with Crippen LogP contribution in [0.5, 0.6) is 0 Å². The van der Waals surface area contributed by atoms with Crippen LogP contribution in [0.4, 0.5) is 0 Å². The van der Waals surface area contributed by atoms with Crippen molar-refractivity contribution in [1.29, 1.82) is 0 Å². The Labute approximate surface area is 118 Å². The second-order valence-corrected chi connectivity index (χ2v) is 4.37. The van der Waals surface area contributed by atoms with Gasteiger partial charge >= 0.3 is 5.97 Å². The van der Waals surface area contributed by atoms with Crippen molar-refractivity contribution < 1.29 is 19.4 Å². The molecule has 1 aromatic rings. The van der Waals surface area contributed by atoms with E-state index >= 15 is 0 Å². The van der Waals surface area contributed by atoms with Gasteiger partial charge in [-0.15, -0.1) is 0 Å². The van der Waals surface area contributed by atoms with Crippen molar-refractivity contribution in [3.05, 3.63) is 35.4 Å². The average Bonchev–Trinajstić information content (AvgIpc) is 2.45. The number of carbonyl (C=O) groups excluding carboxylic acids is 2. The van der Waals surface area contributed by atoms with Gasteiger partial charge in [-0.1, -0.05) is 31.5 Å². The molecule has 0 radical (unpaired) electrons. The molecule has 0 aliphatic rings. The van der Waals surface area contributed by atoms with Crippen molar-refractivity contribution in [3.63, 3.8) is 0 Å². The molecule has 5 heteroatoms. The number of hydrogen-bond donors (Lipinski definition) is 2. The number of hydrogen-bond acceptors (Lipinski definition) is 4. The second kappa shape index (κ2) is 8.32. The molecule has 20 heavy (non-hydrogen) atoms. The minimum absolute atomic E-state index is 0.206. The summed E-state index contributed by atoms with van der Waals surface area (Å²) in [4.78, 5) is 23.7. The maximum atomic E-state index is 12.2. The molecule has 0 spiro atoms. The summed E-state index contributed by atoms with van der Waals surface area (Å²) in [6.07, 6.45) is 1.71. The molecular formula is C15H21NO4. The van der Waals surface area contributed by atoms with E-state index in [9.17, 15) is 14.7 Å². The van der Waals surface area contributed by atoms with Crippen molar-refractivity contribution in [3.8, 4) is 0 Å². The van der Waals surface area contributed by atoms with Crippen LogP contribution in [-0.4, -0.2) is 36.2 Å². The smallest absolute Gasteiger partial charge is 0.331 e. The highest BCUT2D eigenvalue weighted by atomic mass is 16.5. The summed E-state index contributed by atoms with van der Waals surface area (Å²) in [5.74, 6) is -1.00. The van der Waals surface area contributed by atoms with E-state index in [-0.39, 0.29) is 12.5 Å². The van der Waals surface area contributed by atoms with Crippen molar-refractivity contribution in [1.82, 2.24) is 5.32 Å². The summed E-state index contributed by atoms with van der Waals surface area (Å²) in [5, 5.41) is 11.7. The first kappa shape index (κ1) is 16.2. The predicted octanol–water partition coefficient (Wildman–Crippen LogP) is 1.29. The number of rotatable bonds is 7. The molecule has 0 heterocycles. The largest absolute Gasteiger partial charge is 0.464 e. The molecule has 1 atom stereocenters. The normalized spacial score (nSPS) is 11.8. The van der Waals surface area contributed by atoms with Gasteiger partial charge in [0.25, 0.3) is 5.91 Å². The van der Waals surface area contributed by atoms with Crippen molar-refractivity contribution >= 4 is 11.9 Å².